The molecule has 0 saturated carbocycles. The van der Waals surface area contributed by atoms with E-state index in [2.05, 4.69) is 10.2 Å². The Balaban J connectivity index is 0.00000112. The summed E-state index contributed by atoms with van der Waals surface area (Å²) in [5.74, 6) is 0.223. The van der Waals surface area contributed by atoms with Crippen molar-refractivity contribution in [1.82, 2.24) is 4.90 Å². The van der Waals surface area contributed by atoms with E-state index in [1.165, 1.54) is 0 Å². The lowest BCUT2D eigenvalue weighted by atomic mass is 10.1. The second-order valence-corrected chi connectivity index (χ2v) is 3.60. The number of carbonyl (C=O) groups is 1. The summed E-state index contributed by atoms with van der Waals surface area (Å²) in [5, 5.41) is 2.22. The molecule has 0 aromatic heterocycles. The van der Waals surface area contributed by atoms with E-state index < -0.39 is 0 Å². The highest BCUT2D eigenvalue weighted by atomic mass is 79.9. The van der Waals surface area contributed by atoms with Crippen LogP contribution in [0.5, 0.6) is 0 Å². The van der Waals surface area contributed by atoms with Gasteiger partial charge in [-0.05, 0) is 0 Å². The second kappa shape index (κ2) is 6.00. The zero-order valence-electron chi connectivity index (χ0n) is 8.53. The number of nitrogens with two attached hydrogens (primary N) is 1. The molecule has 4 heteroatoms. The first-order valence-electron chi connectivity index (χ1n) is 4.98. The molecule has 1 saturated heterocycles. The molecule has 2 rings (SSSR count). The Morgan fingerprint density at radius 1 is 1.33 bits per heavy atom. The molecule has 1 aliphatic rings. The van der Waals surface area contributed by atoms with Gasteiger partial charge in [-0.2, -0.15) is 0 Å². The van der Waals surface area contributed by atoms with E-state index >= 15 is 0 Å². The Bertz CT molecular complexity index is 310. The third-order valence-corrected chi connectivity index (χ3v) is 2.50. The summed E-state index contributed by atoms with van der Waals surface area (Å²) < 4.78 is 0. The maximum Gasteiger partial charge on any atom is 0.177 e. The van der Waals surface area contributed by atoms with Crippen LogP contribution in [-0.2, 0) is 0 Å². The molecule has 0 amide bonds. The summed E-state index contributed by atoms with van der Waals surface area (Å²) in [4.78, 5) is 13.9. The number of halogens is 1. The highest BCUT2D eigenvalue weighted by molar-refractivity contribution is 5.97. The van der Waals surface area contributed by atoms with E-state index in [-0.39, 0.29) is 22.8 Å². The van der Waals surface area contributed by atoms with E-state index in [0.717, 1.165) is 25.3 Å². The average molecular weight is 271 g/mol. The molecule has 3 nitrogen and oxygen atoms in total. The maximum absolute atomic E-state index is 11.7. The third-order valence-electron chi connectivity index (χ3n) is 2.50. The quantitative estimate of drug-likeness (QED) is 0.585. The van der Waals surface area contributed by atoms with Gasteiger partial charge in [0.05, 0.1) is 19.6 Å². The molecule has 1 fully saturated rings. The zero-order valence-corrected chi connectivity index (χ0v) is 10.1. The van der Waals surface area contributed by atoms with Crippen LogP contribution in [0, 0.1) is 0 Å². The van der Waals surface area contributed by atoms with Crippen molar-refractivity contribution < 1.29 is 27.1 Å². The van der Waals surface area contributed by atoms with Crippen molar-refractivity contribution in [1.29, 1.82) is 0 Å². The molecule has 0 unspecified atom stereocenters. The van der Waals surface area contributed by atoms with E-state index in [1.54, 1.807) is 0 Å². The van der Waals surface area contributed by atoms with Gasteiger partial charge < -0.3 is 22.3 Å². The molecule has 0 bridgehead atoms. The van der Waals surface area contributed by atoms with Crippen molar-refractivity contribution in [3.63, 3.8) is 0 Å². The molecule has 0 spiro atoms. The Hall–Kier alpha value is -0.710. The van der Waals surface area contributed by atoms with Crippen LogP contribution in [0.4, 0.5) is 0 Å². The Morgan fingerprint density at radius 2 is 2.07 bits per heavy atom. The van der Waals surface area contributed by atoms with E-state index in [9.17, 15) is 4.79 Å². The minimum atomic E-state index is 0. The highest BCUT2D eigenvalue weighted by Gasteiger charge is 2.17. The molecule has 0 aliphatic carbocycles. The van der Waals surface area contributed by atoms with Crippen molar-refractivity contribution in [3.05, 3.63) is 35.9 Å². The number of nitrogens with zero attached hydrogens (tertiary/aromatic N) is 1. The largest absolute Gasteiger partial charge is 1.00 e. The number of hydrogen-bond donors (Lipinski definition) is 1. The number of benzene rings is 1. The first-order chi connectivity index (χ1) is 6.86. The number of Topliss-reactive ketones (excluding diaryl/α,β-unsaturated/α-hetero) is 1. The fourth-order valence-corrected chi connectivity index (χ4v) is 1.70. The SMILES string of the molecule is O=C(CN1CC[NH2+]C1)c1ccccc1.[Br-]. The van der Waals surface area contributed by atoms with Crippen molar-refractivity contribution in [2.24, 2.45) is 0 Å². The van der Waals surface area contributed by atoms with Crippen LogP contribution in [0.2, 0.25) is 0 Å². The van der Waals surface area contributed by atoms with Crippen LogP contribution < -0.4 is 22.3 Å². The standard InChI is InChI=1S/C11H14N2O.BrH/c14-11(8-13-7-6-12-9-13)10-4-2-1-3-5-10;/h1-5,12H,6-9H2;1H. The summed E-state index contributed by atoms with van der Waals surface area (Å²) >= 11 is 0. The van der Waals surface area contributed by atoms with Gasteiger partial charge in [0.2, 0.25) is 0 Å². The Kier molecular flexibility index (Phi) is 4.94. The van der Waals surface area contributed by atoms with Crippen LogP contribution in [0.25, 0.3) is 0 Å². The molecule has 82 valence electrons. The lowest BCUT2D eigenvalue weighted by Crippen LogP contribution is -3.00. The Morgan fingerprint density at radius 3 is 2.67 bits per heavy atom. The monoisotopic (exact) mass is 270 g/mol. The lowest BCUT2D eigenvalue weighted by molar-refractivity contribution is -0.642. The molecule has 0 radical (unpaired) electrons. The maximum atomic E-state index is 11.7. The second-order valence-electron chi connectivity index (χ2n) is 3.60. The predicted octanol–water partition coefficient (Wildman–Crippen LogP) is -3.29. The fourth-order valence-electron chi connectivity index (χ4n) is 1.70. The summed E-state index contributed by atoms with van der Waals surface area (Å²) in [5.41, 5.74) is 0.819. The topological polar surface area (TPSA) is 36.9 Å². The normalized spacial score (nSPS) is 16.0. The highest BCUT2D eigenvalue weighted by Crippen LogP contribution is 2.01. The predicted molar refractivity (Wildman–Crippen MR) is 54.0 cm³/mol. The van der Waals surface area contributed by atoms with Gasteiger partial charge in [-0.1, -0.05) is 30.3 Å². The van der Waals surface area contributed by atoms with E-state index in [0.29, 0.717) is 6.54 Å². The minimum absolute atomic E-state index is 0. The van der Waals surface area contributed by atoms with Gasteiger partial charge in [-0.3, -0.25) is 4.79 Å². The van der Waals surface area contributed by atoms with Gasteiger partial charge in [0.1, 0.15) is 6.67 Å². The molecule has 0 atom stereocenters. The first-order valence-corrected chi connectivity index (χ1v) is 4.98. The molecule has 1 aromatic carbocycles. The summed E-state index contributed by atoms with van der Waals surface area (Å²) in [6.07, 6.45) is 0. The summed E-state index contributed by atoms with van der Waals surface area (Å²) in [7, 11) is 0. The van der Waals surface area contributed by atoms with Crippen LogP contribution in [0.1, 0.15) is 10.4 Å². The molecular weight excluding hydrogens is 256 g/mol. The van der Waals surface area contributed by atoms with Crippen molar-refractivity contribution in [2.45, 2.75) is 0 Å². The van der Waals surface area contributed by atoms with Crippen LogP contribution in [0.15, 0.2) is 30.3 Å². The Labute approximate surface area is 100 Å². The number of ketones is 1. The van der Waals surface area contributed by atoms with Crippen molar-refractivity contribution in [2.75, 3.05) is 26.3 Å². The molecule has 1 heterocycles. The number of rotatable bonds is 3. The molecule has 2 N–H and O–H groups in total. The van der Waals surface area contributed by atoms with E-state index in [1.807, 2.05) is 30.3 Å². The molecule has 15 heavy (non-hydrogen) atoms. The number of hydrogen-bond acceptors (Lipinski definition) is 2. The number of carbonyl (C=O) groups excluding carboxylic acids is 1. The van der Waals surface area contributed by atoms with Gasteiger partial charge in [0.25, 0.3) is 0 Å². The number of quaternary nitrogens is 1. The smallest absolute Gasteiger partial charge is 0.177 e. The van der Waals surface area contributed by atoms with Gasteiger partial charge in [0.15, 0.2) is 5.78 Å². The van der Waals surface area contributed by atoms with Gasteiger partial charge in [0, 0.05) is 5.56 Å². The van der Waals surface area contributed by atoms with Crippen LogP contribution >= 0.6 is 0 Å². The van der Waals surface area contributed by atoms with Gasteiger partial charge in [-0.15, -0.1) is 0 Å². The van der Waals surface area contributed by atoms with Crippen molar-refractivity contribution in [3.8, 4) is 0 Å². The fraction of sp³-hybridized carbons (Fsp3) is 0.364. The van der Waals surface area contributed by atoms with Crippen molar-refractivity contribution >= 4 is 5.78 Å². The lowest BCUT2D eigenvalue weighted by Gasteiger charge is -2.09. The first kappa shape index (κ1) is 12.4. The average Bonchev–Trinajstić information content (AvgIpc) is 2.72. The summed E-state index contributed by atoms with van der Waals surface area (Å²) in [6.45, 7) is 3.65. The zero-order chi connectivity index (χ0) is 9.80. The third kappa shape index (κ3) is 3.41. The minimum Gasteiger partial charge on any atom is -1.00 e. The molecular formula is C11H15BrN2O. The van der Waals surface area contributed by atoms with E-state index in [4.69, 9.17) is 0 Å². The molecule has 1 aliphatic heterocycles. The van der Waals surface area contributed by atoms with Gasteiger partial charge in [-0.25, -0.2) is 4.90 Å². The van der Waals surface area contributed by atoms with Crippen LogP contribution in [0.3, 0.4) is 0 Å². The van der Waals surface area contributed by atoms with Gasteiger partial charge >= 0.3 is 0 Å². The molecule has 1 aromatic rings. The van der Waals surface area contributed by atoms with Crippen LogP contribution in [-0.4, -0.2) is 37.0 Å². The summed E-state index contributed by atoms with van der Waals surface area (Å²) in [6, 6.07) is 9.50.